The zero-order valence-electron chi connectivity index (χ0n) is 16.3. The van der Waals surface area contributed by atoms with Crippen molar-refractivity contribution in [1.29, 1.82) is 0 Å². The van der Waals surface area contributed by atoms with E-state index in [1.165, 1.54) is 21.7 Å². The normalized spacial score (nSPS) is 16.5. The lowest BCUT2D eigenvalue weighted by Gasteiger charge is -2.20. The highest BCUT2D eigenvalue weighted by molar-refractivity contribution is 7.89. The Kier molecular flexibility index (Phi) is 5.25. The van der Waals surface area contributed by atoms with Gasteiger partial charge in [-0.05, 0) is 43.2 Å². The minimum atomic E-state index is -3.52. The number of hydrogen-bond acceptors (Lipinski definition) is 7. The number of carbonyl (C=O) groups excluding carboxylic acids is 1. The van der Waals surface area contributed by atoms with E-state index in [2.05, 4.69) is 10.3 Å². The first-order valence-electron chi connectivity index (χ1n) is 9.73. The molecule has 2 aliphatic rings. The number of ether oxygens (including phenoxy) is 2. The number of carbonyl (C=O) groups is 1. The number of anilines is 1. The van der Waals surface area contributed by atoms with Crippen LogP contribution in [-0.4, -0.2) is 49.9 Å². The molecule has 3 heterocycles. The Labute approximate surface area is 187 Å². The van der Waals surface area contributed by atoms with Crippen molar-refractivity contribution in [3.05, 3.63) is 40.9 Å². The Morgan fingerprint density at radius 3 is 2.71 bits per heavy atom. The second-order valence-corrected chi connectivity index (χ2v) is 10.6. The smallest absolute Gasteiger partial charge is 0.257 e. The largest absolute Gasteiger partial charge is 0.486 e. The van der Waals surface area contributed by atoms with Crippen molar-refractivity contribution in [2.45, 2.75) is 17.7 Å². The van der Waals surface area contributed by atoms with Crippen LogP contribution >= 0.6 is 22.9 Å². The maximum Gasteiger partial charge on any atom is 0.257 e. The molecule has 0 atom stereocenters. The zero-order valence-corrected chi connectivity index (χ0v) is 18.6. The number of amides is 1. The van der Waals surface area contributed by atoms with Crippen LogP contribution in [0.15, 0.2) is 35.2 Å². The summed E-state index contributed by atoms with van der Waals surface area (Å²) >= 11 is 7.42. The van der Waals surface area contributed by atoms with Gasteiger partial charge in [0, 0.05) is 18.7 Å². The first kappa shape index (κ1) is 20.5. The summed E-state index contributed by atoms with van der Waals surface area (Å²) in [7, 11) is -3.52. The molecule has 1 amide bonds. The van der Waals surface area contributed by atoms with Crippen molar-refractivity contribution in [2.75, 3.05) is 31.6 Å². The summed E-state index contributed by atoms with van der Waals surface area (Å²) in [6.07, 6.45) is 1.75. The van der Waals surface area contributed by atoms with Gasteiger partial charge in [-0.25, -0.2) is 13.4 Å². The maximum atomic E-state index is 12.8. The third kappa shape index (κ3) is 3.84. The minimum absolute atomic E-state index is 0.238. The third-order valence-electron chi connectivity index (χ3n) is 5.14. The van der Waals surface area contributed by atoms with E-state index in [-0.39, 0.29) is 4.90 Å². The van der Waals surface area contributed by atoms with Crippen LogP contribution < -0.4 is 14.8 Å². The van der Waals surface area contributed by atoms with E-state index in [1.807, 2.05) is 0 Å². The molecule has 0 bridgehead atoms. The fourth-order valence-corrected chi connectivity index (χ4v) is 6.39. The van der Waals surface area contributed by atoms with Crippen LogP contribution in [0.3, 0.4) is 0 Å². The molecule has 1 saturated heterocycles. The Hall–Kier alpha value is -2.40. The fourth-order valence-electron chi connectivity index (χ4n) is 3.61. The highest BCUT2D eigenvalue weighted by Gasteiger charge is 2.27. The lowest BCUT2D eigenvalue weighted by atomic mass is 10.2. The molecule has 0 unspecified atom stereocenters. The lowest BCUT2D eigenvalue weighted by Crippen LogP contribution is -2.27. The Bertz CT molecular complexity index is 1290. The molecule has 0 spiro atoms. The van der Waals surface area contributed by atoms with E-state index in [9.17, 15) is 13.2 Å². The van der Waals surface area contributed by atoms with Crippen molar-refractivity contribution < 1.29 is 22.7 Å². The molecule has 2 aliphatic heterocycles. The van der Waals surface area contributed by atoms with Gasteiger partial charge < -0.3 is 9.47 Å². The number of benzene rings is 2. The van der Waals surface area contributed by atoms with E-state index < -0.39 is 15.9 Å². The van der Waals surface area contributed by atoms with Gasteiger partial charge in [0.25, 0.3) is 5.91 Å². The number of nitrogens with one attached hydrogen (secondary N) is 1. The quantitative estimate of drug-likeness (QED) is 0.612. The average Bonchev–Trinajstić information content (AvgIpc) is 3.43. The van der Waals surface area contributed by atoms with Crippen molar-refractivity contribution in [1.82, 2.24) is 9.29 Å². The van der Waals surface area contributed by atoms with Gasteiger partial charge in [0.2, 0.25) is 10.0 Å². The minimum Gasteiger partial charge on any atom is -0.486 e. The van der Waals surface area contributed by atoms with E-state index in [0.717, 1.165) is 12.8 Å². The van der Waals surface area contributed by atoms with Gasteiger partial charge in [-0.3, -0.25) is 10.1 Å². The van der Waals surface area contributed by atoms with Crippen molar-refractivity contribution in [3.8, 4) is 11.5 Å². The molecule has 3 aromatic rings. The van der Waals surface area contributed by atoms with Crippen LogP contribution in [0.5, 0.6) is 11.5 Å². The summed E-state index contributed by atoms with van der Waals surface area (Å²) < 4.78 is 38.8. The van der Waals surface area contributed by atoms with Gasteiger partial charge in [-0.1, -0.05) is 22.9 Å². The van der Waals surface area contributed by atoms with E-state index in [4.69, 9.17) is 21.1 Å². The van der Waals surface area contributed by atoms with Crippen LogP contribution in [0, 0.1) is 0 Å². The average molecular weight is 480 g/mol. The topological polar surface area (TPSA) is 97.8 Å². The lowest BCUT2D eigenvalue weighted by molar-refractivity contribution is 0.102. The third-order valence-corrected chi connectivity index (χ3v) is 8.25. The number of rotatable bonds is 4. The van der Waals surface area contributed by atoms with E-state index >= 15 is 0 Å². The van der Waals surface area contributed by atoms with E-state index in [1.54, 1.807) is 24.3 Å². The SMILES string of the molecule is O=C(Nc1nc2ccc(S(=O)(=O)N3CCCC3)cc2s1)c1cc(Cl)c2c(c1)OCCO2. The van der Waals surface area contributed by atoms with Crippen LogP contribution in [0.1, 0.15) is 23.2 Å². The number of aromatic nitrogens is 1. The highest BCUT2D eigenvalue weighted by Crippen LogP contribution is 2.38. The number of thiazole rings is 1. The number of hydrogen-bond donors (Lipinski definition) is 1. The standard InChI is InChI=1S/C20H18ClN3O5S2/c21-14-9-12(10-16-18(14)29-8-7-28-16)19(25)23-20-22-15-4-3-13(11-17(15)30-20)31(26,27)24-5-1-2-6-24/h3-4,9-11H,1-2,5-8H2,(H,22,23,25). The van der Waals surface area contributed by atoms with Crippen molar-refractivity contribution in [3.63, 3.8) is 0 Å². The molecule has 0 aliphatic carbocycles. The van der Waals surface area contributed by atoms with Crippen LogP contribution in [0.25, 0.3) is 10.2 Å². The molecule has 2 aromatic carbocycles. The van der Waals surface area contributed by atoms with Gasteiger partial charge >= 0.3 is 0 Å². The van der Waals surface area contributed by atoms with Crippen LogP contribution in [0.4, 0.5) is 5.13 Å². The molecule has 5 rings (SSSR count). The molecule has 162 valence electrons. The molecule has 0 saturated carbocycles. The van der Waals surface area contributed by atoms with Gasteiger partial charge in [-0.2, -0.15) is 4.31 Å². The second kappa shape index (κ2) is 7.94. The molecular weight excluding hydrogens is 462 g/mol. The Morgan fingerprint density at radius 2 is 1.90 bits per heavy atom. The molecule has 8 nitrogen and oxygen atoms in total. The van der Waals surface area contributed by atoms with Crippen LogP contribution in [0.2, 0.25) is 5.02 Å². The van der Waals surface area contributed by atoms with Gasteiger partial charge in [0.15, 0.2) is 16.6 Å². The molecule has 11 heteroatoms. The highest BCUT2D eigenvalue weighted by atomic mass is 35.5. The summed E-state index contributed by atoms with van der Waals surface area (Å²) in [6, 6.07) is 7.91. The first-order valence-corrected chi connectivity index (χ1v) is 12.4. The predicted molar refractivity (Wildman–Crippen MR) is 118 cm³/mol. The van der Waals surface area contributed by atoms with Crippen LogP contribution in [-0.2, 0) is 10.0 Å². The summed E-state index contributed by atoms with van der Waals surface area (Å²) in [5.41, 5.74) is 0.923. The predicted octanol–water partition coefficient (Wildman–Crippen LogP) is 3.76. The molecule has 31 heavy (non-hydrogen) atoms. The maximum absolute atomic E-state index is 12.8. The number of sulfonamides is 1. The zero-order chi connectivity index (χ0) is 21.6. The molecular formula is C20H18ClN3O5S2. The monoisotopic (exact) mass is 479 g/mol. The fraction of sp³-hybridized carbons (Fsp3) is 0.300. The second-order valence-electron chi connectivity index (χ2n) is 7.20. The molecule has 1 fully saturated rings. The van der Waals surface area contributed by atoms with Gasteiger partial charge in [-0.15, -0.1) is 0 Å². The molecule has 1 N–H and O–H groups in total. The number of halogens is 1. The molecule has 0 radical (unpaired) electrons. The summed E-state index contributed by atoms with van der Waals surface area (Å²) in [5.74, 6) is 0.448. The van der Waals surface area contributed by atoms with Gasteiger partial charge in [0.05, 0.1) is 20.1 Å². The number of nitrogens with zero attached hydrogens (tertiary/aromatic N) is 2. The first-order chi connectivity index (χ1) is 14.9. The summed E-state index contributed by atoms with van der Waals surface area (Å²) in [4.78, 5) is 17.4. The Morgan fingerprint density at radius 1 is 1.13 bits per heavy atom. The van der Waals surface area contributed by atoms with E-state index in [0.29, 0.717) is 63.7 Å². The number of fused-ring (bicyclic) bond motifs is 2. The van der Waals surface area contributed by atoms with Crippen molar-refractivity contribution in [2.24, 2.45) is 0 Å². The summed E-state index contributed by atoms with van der Waals surface area (Å²) in [6.45, 7) is 1.87. The van der Waals surface area contributed by atoms with Crippen molar-refractivity contribution >= 4 is 54.2 Å². The summed E-state index contributed by atoms with van der Waals surface area (Å²) in [5, 5.41) is 3.41. The van der Waals surface area contributed by atoms with Gasteiger partial charge in [0.1, 0.15) is 13.2 Å². The molecule has 1 aromatic heterocycles. The Balaban J connectivity index is 1.40.